The summed E-state index contributed by atoms with van der Waals surface area (Å²) in [7, 11) is 4.50. The molecule has 0 saturated heterocycles. The van der Waals surface area contributed by atoms with Gasteiger partial charge in [0.25, 0.3) is 0 Å². The van der Waals surface area contributed by atoms with Crippen LogP contribution < -0.4 is 9.47 Å². The number of pyridine rings is 1. The van der Waals surface area contributed by atoms with Crippen molar-refractivity contribution in [2.75, 3.05) is 28.1 Å². The Labute approximate surface area is 172 Å². The summed E-state index contributed by atoms with van der Waals surface area (Å²) < 4.78 is 21.7. The number of rotatable bonds is 8. The van der Waals surface area contributed by atoms with E-state index >= 15 is 0 Å². The van der Waals surface area contributed by atoms with E-state index in [1.54, 1.807) is 26.4 Å². The molecule has 0 bridgehead atoms. The highest BCUT2D eigenvalue weighted by Crippen LogP contribution is 2.45. The average molecular weight is 448 g/mol. The van der Waals surface area contributed by atoms with Crippen molar-refractivity contribution in [3.8, 4) is 11.6 Å². The molecule has 1 heterocycles. The Morgan fingerprint density at radius 2 is 2.00 bits per heavy atom. The van der Waals surface area contributed by atoms with Gasteiger partial charge in [-0.25, -0.2) is 9.78 Å². The lowest BCUT2D eigenvalue weighted by Crippen LogP contribution is -2.05. The van der Waals surface area contributed by atoms with Crippen LogP contribution in [0.1, 0.15) is 34.5 Å². The molecule has 0 aliphatic heterocycles. The molecule has 2 aromatic rings. The molecule has 0 unspecified atom stereocenters. The first-order valence-electron chi connectivity index (χ1n) is 8.84. The van der Waals surface area contributed by atoms with Gasteiger partial charge in [0.15, 0.2) is 6.79 Å². The molecule has 148 valence electrons. The summed E-state index contributed by atoms with van der Waals surface area (Å²) in [5.74, 6) is 1.10. The predicted molar refractivity (Wildman–Crippen MR) is 109 cm³/mol. The second-order valence-corrected chi connectivity index (χ2v) is 7.21. The molecule has 0 atom stereocenters. The lowest BCUT2D eigenvalue weighted by molar-refractivity contribution is 0.0502. The predicted octanol–water partition coefficient (Wildman–Crippen LogP) is 4.57. The Kier molecular flexibility index (Phi) is 6.70. The summed E-state index contributed by atoms with van der Waals surface area (Å²) in [6.45, 7) is 0.0747. The molecule has 1 aliphatic rings. The number of nitrogens with zero attached hydrogens (tertiary/aromatic N) is 1. The van der Waals surface area contributed by atoms with Crippen molar-refractivity contribution >= 4 is 33.5 Å². The molecule has 1 fully saturated rings. The van der Waals surface area contributed by atoms with Gasteiger partial charge in [-0.15, -0.1) is 0 Å². The normalized spacial score (nSPS) is 13.9. The van der Waals surface area contributed by atoms with Crippen LogP contribution in [-0.4, -0.2) is 39.1 Å². The van der Waals surface area contributed by atoms with Crippen LogP contribution in [0.15, 0.2) is 34.8 Å². The lowest BCUT2D eigenvalue weighted by atomic mass is 10.0. The number of benzene rings is 1. The van der Waals surface area contributed by atoms with Crippen LogP contribution >= 0.6 is 15.9 Å². The van der Waals surface area contributed by atoms with E-state index in [-0.39, 0.29) is 6.79 Å². The van der Waals surface area contributed by atoms with Gasteiger partial charge in [0, 0.05) is 23.2 Å². The highest BCUT2D eigenvalue weighted by molar-refractivity contribution is 9.10. The minimum atomic E-state index is -0.419. The first-order chi connectivity index (χ1) is 13.6. The van der Waals surface area contributed by atoms with Gasteiger partial charge >= 0.3 is 5.97 Å². The third-order valence-electron chi connectivity index (χ3n) is 4.40. The topological polar surface area (TPSA) is 66.9 Å². The molecule has 0 radical (unpaired) electrons. The van der Waals surface area contributed by atoms with Crippen LogP contribution in [0, 0.1) is 5.92 Å². The molecule has 28 heavy (non-hydrogen) atoms. The number of hydrogen-bond donors (Lipinski definition) is 0. The standard InChI is InChI=1S/C21H22BrNO5/c1-25-12-28-18-11-15(21(24)27-3)7-6-14(18)10-16(13-4-5-13)20-17(22)8-9-19(23-20)26-2/h6-11,13H,4-5,12H2,1-3H3/b16-10+. The van der Waals surface area contributed by atoms with Crippen LogP contribution in [-0.2, 0) is 9.47 Å². The molecule has 0 N–H and O–H groups in total. The summed E-state index contributed by atoms with van der Waals surface area (Å²) in [5.41, 5.74) is 3.19. The third kappa shape index (κ3) is 4.72. The zero-order valence-corrected chi connectivity index (χ0v) is 17.6. The largest absolute Gasteiger partial charge is 0.481 e. The first kappa shape index (κ1) is 20.4. The number of ether oxygens (including phenoxy) is 4. The molecule has 7 heteroatoms. The second-order valence-electron chi connectivity index (χ2n) is 6.35. The van der Waals surface area contributed by atoms with Crippen LogP contribution in [0.5, 0.6) is 11.6 Å². The third-order valence-corrected chi connectivity index (χ3v) is 5.04. The maximum atomic E-state index is 11.9. The van der Waals surface area contributed by atoms with Crippen LogP contribution in [0.3, 0.4) is 0 Å². The number of carbonyl (C=O) groups is 1. The number of carbonyl (C=O) groups excluding carboxylic acids is 1. The zero-order chi connectivity index (χ0) is 20.1. The number of methoxy groups -OCH3 is 3. The Bertz CT molecular complexity index is 892. The monoisotopic (exact) mass is 447 g/mol. The number of allylic oxidation sites excluding steroid dienone is 1. The van der Waals surface area contributed by atoms with Crippen LogP contribution in [0.2, 0.25) is 0 Å². The van der Waals surface area contributed by atoms with Crippen molar-refractivity contribution < 1.29 is 23.7 Å². The fourth-order valence-electron chi connectivity index (χ4n) is 2.83. The Hall–Kier alpha value is -2.38. The van der Waals surface area contributed by atoms with Gasteiger partial charge in [0.1, 0.15) is 5.75 Å². The molecule has 0 amide bonds. The maximum Gasteiger partial charge on any atom is 0.337 e. The molecule has 0 spiro atoms. The number of hydrogen-bond acceptors (Lipinski definition) is 6. The van der Waals surface area contributed by atoms with Crippen LogP contribution in [0.25, 0.3) is 11.6 Å². The van der Waals surface area contributed by atoms with Gasteiger partial charge in [0.2, 0.25) is 5.88 Å². The Balaban J connectivity index is 2.06. The number of halogens is 1. The van der Waals surface area contributed by atoms with E-state index in [0.717, 1.165) is 34.1 Å². The SMILES string of the molecule is COCOc1cc(C(=O)OC)ccc1/C=C(/c1nc(OC)ccc1Br)C1CC1. The minimum Gasteiger partial charge on any atom is -0.481 e. The van der Waals surface area contributed by atoms with Gasteiger partial charge in [-0.2, -0.15) is 0 Å². The van der Waals surface area contributed by atoms with Gasteiger partial charge in [-0.3, -0.25) is 0 Å². The van der Waals surface area contributed by atoms with E-state index in [4.69, 9.17) is 18.9 Å². The van der Waals surface area contributed by atoms with Crippen molar-refractivity contribution in [1.29, 1.82) is 0 Å². The van der Waals surface area contributed by atoms with Gasteiger partial charge in [0.05, 0.1) is 25.5 Å². The van der Waals surface area contributed by atoms with Crippen molar-refractivity contribution in [1.82, 2.24) is 4.98 Å². The molecular formula is C21H22BrNO5. The summed E-state index contributed by atoms with van der Waals surface area (Å²) in [6.07, 6.45) is 4.26. The molecule has 1 aromatic heterocycles. The summed E-state index contributed by atoms with van der Waals surface area (Å²) in [4.78, 5) is 16.5. The van der Waals surface area contributed by atoms with Crippen molar-refractivity contribution in [2.45, 2.75) is 12.8 Å². The number of esters is 1. The molecular weight excluding hydrogens is 426 g/mol. The minimum absolute atomic E-state index is 0.0747. The van der Waals surface area contributed by atoms with Gasteiger partial charge in [-0.05, 0) is 64.5 Å². The van der Waals surface area contributed by atoms with Crippen molar-refractivity contribution in [3.63, 3.8) is 0 Å². The lowest BCUT2D eigenvalue weighted by Gasteiger charge is -2.13. The van der Waals surface area contributed by atoms with E-state index in [0.29, 0.717) is 23.1 Å². The van der Waals surface area contributed by atoms with E-state index < -0.39 is 5.97 Å². The zero-order valence-electron chi connectivity index (χ0n) is 16.0. The Morgan fingerprint density at radius 3 is 2.64 bits per heavy atom. The number of aromatic nitrogens is 1. The molecule has 1 saturated carbocycles. The van der Waals surface area contributed by atoms with Crippen LogP contribution in [0.4, 0.5) is 0 Å². The molecule has 1 aromatic carbocycles. The van der Waals surface area contributed by atoms with Crippen molar-refractivity contribution in [3.05, 3.63) is 51.6 Å². The smallest absolute Gasteiger partial charge is 0.337 e. The fraction of sp³-hybridized carbons (Fsp3) is 0.333. The van der Waals surface area contributed by atoms with Crippen molar-refractivity contribution in [2.24, 2.45) is 5.92 Å². The highest BCUT2D eigenvalue weighted by Gasteiger charge is 2.29. The Morgan fingerprint density at radius 1 is 1.21 bits per heavy atom. The van der Waals surface area contributed by atoms with Gasteiger partial charge < -0.3 is 18.9 Å². The van der Waals surface area contributed by atoms with E-state index in [1.807, 2.05) is 18.2 Å². The summed E-state index contributed by atoms with van der Waals surface area (Å²) in [6, 6.07) is 8.97. The summed E-state index contributed by atoms with van der Waals surface area (Å²) >= 11 is 3.60. The molecule has 6 nitrogen and oxygen atoms in total. The quantitative estimate of drug-likeness (QED) is 0.435. The van der Waals surface area contributed by atoms with E-state index in [1.165, 1.54) is 7.11 Å². The maximum absolute atomic E-state index is 11.9. The fourth-order valence-corrected chi connectivity index (χ4v) is 3.28. The first-order valence-corrected chi connectivity index (χ1v) is 9.63. The molecule has 3 rings (SSSR count). The highest BCUT2D eigenvalue weighted by atomic mass is 79.9. The van der Waals surface area contributed by atoms with E-state index in [2.05, 4.69) is 27.0 Å². The summed E-state index contributed by atoms with van der Waals surface area (Å²) in [5, 5.41) is 0. The second kappa shape index (κ2) is 9.21. The van der Waals surface area contributed by atoms with Gasteiger partial charge in [-0.1, -0.05) is 6.07 Å². The molecule has 1 aliphatic carbocycles. The average Bonchev–Trinajstić information content (AvgIpc) is 3.56. The van der Waals surface area contributed by atoms with E-state index in [9.17, 15) is 4.79 Å².